The van der Waals surface area contributed by atoms with Gasteiger partial charge in [-0.25, -0.2) is 0 Å². The molecule has 1 aliphatic rings. The molecule has 0 aliphatic carbocycles. The molecule has 1 saturated heterocycles. The van der Waals surface area contributed by atoms with Gasteiger partial charge in [-0.1, -0.05) is 37.3 Å². The van der Waals surface area contributed by atoms with E-state index >= 15 is 0 Å². The van der Waals surface area contributed by atoms with Crippen molar-refractivity contribution in [1.82, 2.24) is 20.0 Å². The Kier molecular flexibility index (Phi) is 7.48. The molecule has 6 nitrogen and oxygen atoms in total. The largest absolute Gasteiger partial charge is 0.376 e. The normalized spacial score (nSPS) is 18.5. The van der Waals surface area contributed by atoms with Gasteiger partial charge >= 0.3 is 0 Å². The van der Waals surface area contributed by atoms with E-state index in [1.54, 1.807) is 0 Å². The lowest BCUT2D eigenvalue weighted by Crippen LogP contribution is -2.40. The fourth-order valence-electron chi connectivity index (χ4n) is 3.55. The summed E-state index contributed by atoms with van der Waals surface area (Å²) in [5.74, 6) is 1.93. The summed E-state index contributed by atoms with van der Waals surface area (Å²) in [4.78, 5) is 7.26. The van der Waals surface area contributed by atoms with E-state index in [2.05, 4.69) is 47.5 Å². The zero-order valence-electron chi connectivity index (χ0n) is 17.3. The fourth-order valence-corrected chi connectivity index (χ4v) is 3.55. The molecule has 2 aromatic rings. The van der Waals surface area contributed by atoms with Gasteiger partial charge in [-0.3, -0.25) is 9.67 Å². The van der Waals surface area contributed by atoms with Gasteiger partial charge in [0.1, 0.15) is 0 Å². The molecule has 28 heavy (non-hydrogen) atoms. The third-order valence-electron chi connectivity index (χ3n) is 5.09. The summed E-state index contributed by atoms with van der Waals surface area (Å²) in [6.45, 7) is 9.37. The quantitative estimate of drug-likeness (QED) is 0.562. The van der Waals surface area contributed by atoms with E-state index in [0.29, 0.717) is 18.4 Å². The van der Waals surface area contributed by atoms with Gasteiger partial charge in [0.15, 0.2) is 5.96 Å². The zero-order valence-corrected chi connectivity index (χ0v) is 17.3. The first-order valence-electron chi connectivity index (χ1n) is 10.3. The molecule has 1 fully saturated rings. The van der Waals surface area contributed by atoms with E-state index in [-0.39, 0.29) is 0 Å². The molecule has 1 N–H and O–H groups in total. The number of hydrogen-bond donors (Lipinski definition) is 1. The van der Waals surface area contributed by atoms with Crippen LogP contribution in [0, 0.1) is 5.92 Å². The number of benzene rings is 1. The van der Waals surface area contributed by atoms with Gasteiger partial charge in [-0.2, -0.15) is 5.10 Å². The third kappa shape index (κ3) is 5.83. The minimum Gasteiger partial charge on any atom is -0.376 e. The highest BCUT2D eigenvalue weighted by Gasteiger charge is 2.26. The highest BCUT2D eigenvalue weighted by molar-refractivity contribution is 5.80. The van der Waals surface area contributed by atoms with Crippen LogP contribution in [0.15, 0.2) is 47.7 Å². The van der Waals surface area contributed by atoms with Crippen molar-refractivity contribution in [2.75, 3.05) is 32.8 Å². The molecule has 1 aromatic heterocycles. The van der Waals surface area contributed by atoms with Crippen molar-refractivity contribution in [2.45, 2.75) is 32.8 Å². The fraction of sp³-hybridized carbons (Fsp3) is 0.545. The van der Waals surface area contributed by atoms with Crippen LogP contribution in [0.1, 0.15) is 37.3 Å². The van der Waals surface area contributed by atoms with Gasteiger partial charge < -0.3 is 15.0 Å². The number of nitrogens with zero attached hydrogens (tertiary/aromatic N) is 4. The molecule has 0 radical (unpaired) electrons. The van der Waals surface area contributed by atoms with Crippen LogP contribution >= 0.6 is 0 Å². The summed E-state index contributed by atoms with van der Waals surface area (Å²) in [6.07, 6.45) is 5.26. The maximum Gasteiger partial charge on any atom is 0.193 e. The molecule has 0 saturated carbocycles. The van der Waals surface area contributed by atoms with E-state index in [1.807, 2.05) is 36.1 Å². The number of aliphatic imine (C=N–C) groups is 1. The third-order valence-corrected chi connectivity index (χ3v) is 5.09. The Morgan fingerprint density at radius 1 is 1.36 bits per heavy atom. The predicted molar refractivity (Wildman–Crippen MR) is 113 cm³/mol. The Morgan fingerprint density at radius 2 is 2.18 bits per heavy atom. The van der Waals surface area contributed by atoms with Gasteiger partial charge in [0.25, 0.3) is 0 Å². The van der Waals surface area contributed by atoms with E-state index in [4.69, 9.17) is 9.73 Å². The predicted octanol–water partition coefficient (Wildman–Crippen LogP) is 3.03. The van der Waals surface area contributed by atoms with Crippen molar-refractivity contribution in [3.63, 3.8) is 0 Å². The molecule has 0 bridgehead atoms. The highest BCUT2D eigenvalue weighted by atomic mass is 16.5. The van der Waals surface area contributed by atoms with Crippen LogP contribution in [0.5, 0.6) is 0 Å². The molecule has 6 heteroatoms. The van der Waals surface area contributed by atoms with Gasteiger partial charge in [0.05, 0.1) is 19.4 Å². The van der Waals surface area contributed by atoms with Crippen molar-refractivity contribution in [3.8, 4) is 0 Å². The first-order valence-corrected chi connectivity index (χ1v) is 10.3. The van der Waals surface area contributed by atoms with Crippen LogP contribution in [0.25, 0.3) is 0 Å². The van der Waals surface area contributed by atoms with Crippen molar-refractivity contribution < 1.29 is 4.74 Å². The summed E-state index contributed by atoms with van der Waals surface area (Å²) in [6, 6.07) is 10.3. The molecule has 2 heterocycles. The Bertz CT molecular complexity index is 742. The van der Waals surface area contributed by atoms with Gasteiger partial charge in [-0.05, 0) is 30.4 Å². The Morgan fingerprint density at radius 3 is 2.89 bits per heavy atom. The maximum absolute atomic E-state index is 5.86. The second-order valence-electron chi connectivity index (χ2n) is 7.68. The monoisotopic (exact) mass is 383 g/mol. The summed E-state index contributed by atoms with van der Waals surface area (Å²) in [7, 11) is 1.98. The average molecular weight is 384 g/mol. The number of hydrogen-bond acceptors (Lipinski definition) is 3. The molecule has 2 atom stereocenters. The van der Waals surface area contributed by atoms with E-state index in [0.717, 1.165) is 45.2 Å². The molecule has 1 aliphatic heterocycles. The topological polar surface area (TPSA) is 54.7 Å². The number of aromatic nitrogens is 2. The lowest BCUT2D eigenvalue weighted by molar-refractivity contribution is 0.0944. The second kappa shape index (κ2) is 10.3. The second-order valence-corrected chi connectivity index (χ2v) is 7.68. The zero-order chi connectivity index (χ0) is 19.8. The molecule has 0 amide bonds. The maximum atomic E-state index is 5.86. The minimum atomic E-state index is 0.383. The van der Waals surface area contributed by atoms with Crippen molar-refractivity contribution in [2.24, 2.45) is 18.0 Å². The van der Waals surface area contributed by atoms with E-state index in [9.17, 15) is 0 Å². The molecule has 1 aromatic carbocycles. The summed E-state index contributed by atoms with van der Waals surface area (Å²) in [5, 5.41) is 7.77. The first-order chi connectivity index (χ1) is 13.7. The highest BCUT2D eigenvalue weighted by Crippen LogP contribution is 2.26. The summed E-state index contributed by atoms with van der Waals surface area (Å²) in [5.41, 5.74) is 2.54. The number of aryl methyl sites for hydroxylation is 1. The number of guanidine groups is 1. The lowest BCUT2D eigenvalue weighted by atomic mass is 10.0. The van der Waals surface area contributed by atoms with Gasteiger partial charge in [0, 0.05) is 45.3 Å². The van der Waals surface area contributed by atoms with Crippen LogP contribution in [0.3, 0.4) is 0 Å². The van der Waals surface area contributed by atoms with Gasteiger partial charge in [0.2, 0.25) is 0 Å². The van der Waals surface area contributed by atoms with Crippen LogP contribution in [0.4, 0.5) is 0 Å². The number of ether oxygens (including phenoxy) is 1. The number of rotatable bonds is 8. The van der Waals surface area contributed by atoms with Crippen molar-refractivity contribution in [1.29, 1.82) is 0 Å². The summed E-state index contributed by atoms with van der Waals surface area (Å²) >= 11 is 0. The van der Waals surface area contributed by atoms with E-state index < -0.39 is 0 Å². The van der Waals surface area contributed by atoms with Crippen molar-refractivity contribution >= 4 is 5.96 Å². The average Bonchev–Trinajstić information content (AvgIpc) is 3.35. The molecular weight excluding hydrogens is 350 g/mol. The number of nitrogens with one attached hydrogen (secondary N) is 1. The van der Waals surface area contributed by atoms with Crippen LogP contribution in [0.2, 0.25) is 0 Å². The minimum absolute atomic E-state index is 0.383. The van der Waals surface area contributed by atoms with Gasteiger partial charge in [-0.15, -0.1) is 0 Å². The van der Waals surface area contributed by atoms with Crippen molar-refractivity contribution in [3.05, 3.63) is 53.9 Å². The Balaban J connectivity index is 1.48. The first kappa shape index (κ1) is 20.4. The lowest BCUT2D eigenvalue weighted by Gasteiger charge is -2.22. The molecule has 2 unspecified atom stereocenters. The molecular formula is C22H33N5O. The van der Waals surface area contributed by atoms with Crippen LogP contribution < -0.4 is 5.32 Å². The smallest absolute Gasteiger partial charge is 0.193 e. The Labute approximate surface area is 168 Å². The van der Waals surface area contributed by atoms with Crippen LogP contribution in [-0.4, -0.2) is 53.4 Å². The SMILES string of the molecule is CCNC(=NCC(C)COCc1ccccc1)N1CCC(c2cnn(C)c2)C1. The molecule has 0 spiro atoms. The van der Waals surface area contributed by atoms with E-state index in [1.165, 1.54) is 11.1 Å². The Hall–Kier alpha value is -2.34. The molecule has 152 valence electrons. The van der Waals surface area contributed by atoms with Crippen LogP contribution in [-0.2, 0) is 18.4 Å². The molecule has 3 rings (SSSR count). The standard InChI is InChI=1S/C22H33N5O/c1-4-23-22(27-11-10-20(15-27)21-13-25-26(3)14-21)24-12-18(2)16-28-17-19-8-6-5-7-9-19/h5-9,13-14,18,20H,4,10-12,15-17H2,1-3H3,(H,23,24). The summed E-state index contributed by atoms with van der Waals surface area (Å²) < 4.78 is 7.75. The number of likely N-dealkylation sites (tertiary alicyclic amines) is 1.